The highest BCUT2D eigenvalue weighted by atomic mass is 32.2. The summed E-state index contributed by atoms with van der Waals surface area (Å²) in [5.74, 6) is 0.0410. The van der Waals surface area contributed by atoms with Crippen LogP contribution in [-0.2, 0) is 10.2 Å². The Kier molecular flexibility index (Phi) is 3.05. The number of hydrogen-bond donors (Lipinski definition) is 2. The number of rotatable bonds is 2. The summed E-state index contributed by atoms with van der Waals surface area (Å²) in [5, 5.41) is 16.3. The van der Waals surface area contributed by atoms with Gasteiger partial charge in [0.25, 0.3) is 10.2 Å². The van der Waals surface area contributed by atoms with Crippen molar-refractivity contribution in [1.82, 2.24) is 13.9 Å². The predicted octanol–water partition coefficient (Wildman–Crippen LogP) is 0.729. The lowest BCUT2D eigenvalue weighted by atomic mass is 9.75. The SMILES string of the molecule is NS(=O)(=O)N1CC2(CC[C@H]([C@@H]3c4ccccc4-c4cncn43)[C@H]2O)C1. The molecule has 1 spiro atoms. The minimum absolute atomic E-state index is 0.0410. The molecule has 3 N–H and O–H groups in total. The number of nitrogens with two attached hydrogens (primary N) is 1. The molecule has 2 fully saturated rings. The molecule has 1 saturated heterocycles. The Labute approximate surface area is 146 Å². The molecule has 0 unspecified atom stereocenters. The van der Waals surface area contributed by atoms with Crippen LogP contribution in [0, 0.1) is 11.3 Å². The quantitative estimate of drug-likeness (QED) is 0.824. The fourth-order valence-electron chi connectivity index (χ4n) is 5.04. The van der Waals surface area contributed by atoms with E-state index >= 15 is 0 Å². The molecule has 2 aliphatic heterocycles. The monoisotopic (exact) mass is 360 g/mol. The first-order valence-corrected chi connectivity index (χ1v) is 9.98. The minimum atomic E-state index is -3.67. The summed E-state index contributed by atoms with van der Waals surface area (Å²) in [4.78, 5) is 4.28. The lowest BCUT2D eigenvalue weighted by Gasteiger charge is -2.49. The molecular weight excluding hydrogens is 340 g/mol. The van der Waals surface area contributed by atoms with Crippen LogP contribution < -0.4 is 5.14 Å². The Morgan fingerprint density at radius 2 is 2.04 bits per heavy atom. The van der Waals surface area contributed by atoms with E-state index in [-0.39, 0.29) is 17.4 Å². The number of aliphatic hydroxyl groups is 1. The summed E-state index contributed by atoms with van der Waals surface area (Å²) >= 11 is 0. The van der Waals surface area contributed by atoms with E-state index in [9.17, 15) is 13.5 Å². The molecule has 0 bridgehead atoms. The highest BCUT2D eigenvalue weighted by molar-refractivity contribution is 7.86. The van der Waals surface area contributed by atoms with E-state index in [1.807, 2.05) is 24.7 Å². The second-order valence-corrected chi connectivity index (χ2v) is 9.09. The lowest BCUT2D eigenvalue weighted by Crippen LogP contribution is -2.63. The smallest absolute Gasteiger partial charge is 0.276 e. The van der Waals surface area contributed by atoms with Crippen LogP contribution in [0.4, 0.5) is 0 Å². The van der Waals surface area contributed by atoms with Crippen molar-refractivity contribution in [2.45, 2.75) is 25.0 Å². The van der Waals surface area contributed by atoms with Gasteiger partial charge in [-0.25, -0.2) is 10.1 Å². The van der Waals surface area contributed by atoms with Crippen LogP contribution in [-0.4, -0.2) is 46.6 Å². The van der Waals surface area contributed by atoms with E-state index in [2.05, 4.69) is 21.7 Å². The van der Waals surface area contributed by atoms with Crippen LogP contribution in [0.25, 0.3) is 11.3 Å². The van der Waals surface area contributed by atoms with Crippen molar-refractivity contribution in [2.24, 2.45) is 16.5 Å². The van der Waals surface area contributed by atoms with Gasteiger partial charge in [0.05, 0.1) is 30.4 Å². The predicted molar refractivity (Wildman–Crippen MR) is 91.6 cm³/mol. The van der Waals surface area contributed by atoms with Crippen LogP contribution in [0.1, 0.15) is 24.4 Å². The number of imidazole rings is 1. The fourth-order valence-corrected chi connectivity index (χ4v) is 5.91. The molecule has 1 saturated carbocycles. The zero-order chi connectivity index (χ0) is 17.4. The molecule has 7 nitrogen and oxygen atoms in total. The molecule has 1 aromatic heterocycles. The maximum Gasteiger partial charge on any atom is 0.276 e. The van der Waals surface area contributed by atoms with Gasteiger partial charge in [0.1, 0.15) is 0 Å². The van der Waals surface area contributed by atoms with Gasteiger partial charge in [-0.3, -0.25) is 0 Å². The topological polar surface area (TPSA) is 101 Å². The average molecular weight is 360 g/mol. The van der Waals surface area contributed by atoms with Crippen molar-refractivity contribution in [3.8, 4) is 11.3 Å². The highest BCUT2D eigenvalue weighted by Crippen LogP contribution is 2.55. The Hall–Kier alpha value is -1.74. The van der Waals surface area contributed by atoms with E-state index in [0.29, 0.717) is 13.1 Å². The lowest BCUT2D eigenvalue weighted by molar-refractivity contribution is -0.0549. The second-order valence-electron chi connectivity index (χ2n) is 7.54. The first kappa shape index (κ1) is 15.5. The van der Waals surface area contributed by atoms with Crippen molar-refractivity contribution in [3.05, 3.63) is 42.4 Å². The van der Waals surface area contributed by atoms with E-state index in [1.165, 1.54) is 9.87 Å². The van der Waals surface area contributed by atoms with Crippen LogP contribution in [0.5, 0.6) is 0 Å². The van der Waals surface area contributed by atoms with Crippen molar-refractivity contribution < 1.29 is 13.5 Å². The molecule has 3 aliphatic rings. The Morgan fingerprint density at radius 3 is 2.80 bits per heavy atom. The van der Waals surface area contributed by atoms with Gasteiger partial charge < -0.3 is 9.67 Å². The van der Waals surface area contributed by atoms with E-state index in [1.54, 1.807) is 0 Å². The normalized spacial score (nSPS) is 30.2. The van der Waals surface area contributed by atoms with Gasteiger partial charge in [-0.15, -0.1) is 0 Å². The average Bonchev–Trinajstić information content (AvgIpc) is 3.18. The molecule has 1 aromatic carbocycles. The molecule has 25 heavy (non-hydrogen) atoms. The maximum absolute atomic E-state index is 11.5. The Balaban J connectivity index is 1.48. The van der Waals surface area contributed by atoms with E-state index in [0.717, 1.165) is 24.1 Å². The summed E-state index contributed by atoms with van der Waals surface area (Å²) in [7, 11) is -3.67. The molecule has 132 valence electrons. The molecule has 0 radical (unpaired) electrons. The van der Waals surface area contributed by atoms with E-state index < -0.39 is 16.3 Å². The Bertz CT molecular complexity index is 948. The second kappa shape index (κ2) is 4.91. The first-order valence-electron chi connectivity index (χ1n) is 8.48. The van der Waals surface area contributed by atoms with Gasteiger partial charge in [-0.2, -0.15) is 12.7 Å². The summed E-state index contributed by atoms with van der Waals surface area (Å²) < 4.78 is 26.4. The third kappa shape index (κ3) is 2.02. The number of aromatic nitrogens is 2. The largest absolute Gasteiger partial charge is 0.392 e. The number of hydrogen-bond acceptors (Lipinski definition) is 4. The van der Waals surface area contributed by atoms with Crippen molar-refractivity contribution in [3.63, 3.8) is 0 Å². The van der Waals surface area contributed by atoms with Crippen LogP contribution >= 0.6 is 0 Å². The third-order valence-corrected chi connectivity index (χ3v) is 7.26. The number of fused-ring (bicyclic) bond motifs is 3. The van der Waals surface area contributed by atoms with Gasteiger partial charge >= 0.3 is 0 Å². The number of nitrogens with zero attached hydrogens (tertiary/aromatic N) is 3. The van der Waals surface area contributed by atoms with Gasteiger partial charge in [0, 0.05) is 30.0 Å². The van der Waals surface area contributed by atoms with Crippen LogP contribution in [0.3, 0.4) is 0 Å². The first-order chi connectivity index (χ1) is 11.9. The zero-order valence-corrected chi connectivity index (χ0v) is 14.4. The molecule has 8 heteroatoms. The van der Waals surface area contributed by atoms with Gasteiger partial charge in [0.2, 0.25) is 0 Å². The molecular formula is C17H20N4O3S. The molecule has 5 rings (SSSR count). The molecule has 1 aliphatic carbocycles. The summed E-state index contributed by atoms with van der Waals surface area (Å²) in [6.45, 7) is 0.628. The Morgan fingerprint density at radius 1 is 1.28 bits per heavy atom. The van der Waals surface area contributed by atoms with Gasteiger partial charge in [-0.05, 0) is 18.4 Å². The molecule has 3 atom stereocenters. The van der Waals surface area contributed by atoms with Crippen molar-refractivity contribution in [2.75, 3.05) is 13.1 Å². The zero-order valence-electron chi connectivity index (χ0n) is 13.6. The highest BCUT2D eigenvalue weighted by Gasteiger charge is 2.59. The maximum atomic E-state index is 11.5. The molecule has 2 aromatic rings. The molecule has 0 amide bonds. The van der Waals surface area contributed by atoms with Crippen molar-refractivity contribution >= 4 is 10.2 Å². The van der Waals surface area contributed by atoms with E-state index in [4.69, 9.17) is 5.14 Å². The third-order valence-electron chi connectivity index (χ3n) is 6.28. The minimum Gasteiger partial charge on any atom is -0.392 e. The summed E-state index contributed by atoms with van der Waals surface area (Å²) in [6, 6.07) is 8.29. The van der Waals surface area contributed by atoms with Gasteiger partial charge in [-0.1, -0.05) is 24.3 Å². The fraction of sp³-hybridized carbons (Fsp3) is 0.471. The van der Waals surface area contributed by atoms with Gasteiger partial charge in [0.15, 0.2) is 0 Å². The van der Waals surface area contributed by atoms with Crippen LogP contribution in [0.15, 0.2) is 36.8 Å². The van der Waals surface area contributed by atoms with Crippen LogP contribution in [0.2, 0.25) is 0 Å². The standard InChI is InChI=1S/C17H20N4O3S/c18-25(23,24)20-8-17(9-20)6-5-13(16(17)22)15-12-4-2-1-3-11(12)14-7-19-10-21(14)15/h1-4,7,10,13,15-16,22H,5-6,8-9H2,(H2,18,23,24)/t13-,15+,16-/m1/s1. The van der Waals surface area contributed by atoms with Crippen molar-refractivity contribution in [1.29, 1.82) is 0 Å². The summed E-state index contributed by atoms with van der Waals surface area (Å²) in [6.07, 6.45) is 4.80. The number of aliphatic hydroxyl groups excluding tert-OH is 1. The molecule has 3 heterocycles. The summed E-state index contributed by atoms with van der Waals surface area (Å²) in [5.41, 5.74) is 3.09. The number of benzene rings is 1.